The number of aromatic nitrogens is 1. The van der Waals surface area contributed by atoms with Crippen LogP contribution in [0.25, 0.3) is 0 Å². The van der Waals surface area contributed by atoms with E-state index >= 15 is 0 Å². The number of nitrogens with zero attached hydrogens (tertiary/aromatic N) is 1. The molecule has 0 atom stereocenters. The van der Waals surface area contributed by atoms with Gasteiger partial charge in [-0.15, -0.1) is 0 Å². The summed E-state index contributed by atoms with van der Waals surface area (Å²) in [5.74, 6) is 4.02. The SMILES string of the molecule is C=C(C)/C(F)=C(COc1cc(N)nc(NN)c1N)\C(F)=C/C. The largest absolute Gasteiger partial charge is 0.486 e. The molecule has 0 aliphatic rings. The fourth-order valence-electron chi connectivity index (χ4n) is 1.60. The van der Waals surface area contributed by atoms with Gasteiger partial charge in [0.25, 0.3) is 0 Å². The third-order valence-corrected chi connectivity index (χ3v) is 2.73. The van der Waals surface area contributed by atoms with Gasteiger partial charge in [-0.05, 0) is 19.4 Å². The van der Waals surface area contributed by atoms with E-state index in [1.54, 1.807) is 0 Å². The molecule has 0 aliphatic carbocycles. The Morgan fingerprint density at radius 2 is 2.09 bits per heavy atom. The first-order valence-electron chi connectivity index (χ1n) is 6.33. The first-order chi connectivity index (χ1) is 10.3. The number of anilines is 3. The maximum Gasteiger partial charge on any atom is 0.169 e. The van der Waals surface area contributed by atoms with Gasteiger partial charge in [0.15, 0.2) is 5.82 Å². The lowest BCUT2D eigenvalue weighted by molar-refractivity contribution is 0.345. The van der Waals surface area contributed by atoms with Gasteiger partial charge in [0.05, 0.1) is 5.57 Å². The second-order valence-electron chi connectivity index (χ2n) is 4.45. The van der Waals surface area contributed by atoms with Crippen LogP contribution in [0.2, 0.25) is 0 Å². The Labute approximate surface area is 127 Å². The Morgan fingerprint density at radius 1 is 1.45 bits per heavy atom. The van der Waals surface area contributed by atoms with E-state index in [9.17, 15) is 8.78 Å². The molecule has 7 N–H and O–H groups in total. The zero-order valence-corrected chi connectivity index (χ0v) is 12.4. The third kappa shape index (κ3) is 3.95. The molecule has 1 heterocycles. The van der Waals surface area contributed by atoms with Gasteiger partial charge in [-0.2, -0.15) is 0 Å². The van der Waals surface area contributed by atoms with Crippen LogP contribution in [0.5, 0.6) is 5.75 Å². The maximum absolute atomic E-state index is 14.0. The van der Waals surface area contributed by atoms with Gasteiger partial charge in [-0.25, -0.2) is 19.6 Å². The molecule has 1 aromatic rings. The quantitative estimate of drug-likeness (QED) is 0.365. The van der Waals surface area contributed by atoms with Crippen molar-refractivity contribution in [3.05, 3.63) is 41.5 Å². The van der Waals surface area contributed by atoms with Crippen LogP contribution >= 0.6 is 0 Å². The smallest absolute Gasteiger partial charge is 0.169 e. The summed E-state index contributed by atoms with van der Waals surface area (Å²) in [7, 11) is 0. The summed E-state index contributed by atoms with van der Waals surface area (Å²) in [6, 6.07) is 1.33. The highest BCUT2D eigenvalue weighted by molar-refractivity contribution is 5.71. The molecule has 1 aromatic heterocycles. The van der Waals surface area contributed by atoms with Crippen LogP contribution in [-0.2, 0) is 0 Å². The highest BCUT2D eigenvalue weighted by atomic mass is 19.1. The lowest BCUT2D eigenvalue weighted by Crippen LogP contribution is -2.14. The van der Waals surface area contributed by atoms with Gasteiger partial charge in [-0.3, -0.25) is 0 Å². The predicted octanol–water partition coefficient (Wildman–Crippen LogP) is 2.58. The van der Waals surface area contributed by atoms with Gasteiger partial charge >= 0.3 is 0 Å². The van der Waals surface area contributed by atoms with Crippen molar-refractivity contribution < 1.29 is 13.5 Å². The zero-order valence-electron chi connectivity index (χ0n) is 12.4. The number of hydrogen-bond acceptors (Lipinski definition) is 6. The minimum Gasteiger partial charge on any atom is -0.486 e. The van der Waals surface area contributed by atoms with Crippen molar-refractivity contribution in [1.82, 2.24) is 4.98 Å². The molecule has 0 spiro atoms. The molecule has 0 saturated heterocycles. The number of allylic oxidation sites excluding steroid dienone is 3. The Bertz CT molecular complexity index is 640. The first kappa shape index (κ1) is 17.4. The minimum absolute atomic E-state index is 0.0765. The maximum atomic E-state index is 14.0. The molecule has 0 fully saturated rings. The predicted molar refractivity (Wildman–Crippen MR) is 84.2 cm³/mol. The number of halogens is 2. The van der Waals surface area contributed by atoms with E-state index in [0.717, 1.165) is 6.08 Å². The summed E-state index contributed by atoms with van der Waals surface area (Å²) >= 11 is 0. The lowest BCUT2D eigenvalue weighted by Gasteiger charge is -2.14. The highest BCUT2D eigenvalue weighted by Gasteiger charge is 2.16. The molecular weight excluding hydrogens is 292 g/mol. The Kier molecular flexibility index (Phi) is 5.88. The zero-order chi connectivity index (χ0) is 16.9. The van der Waals surface area contributed by atoms with E-state index in [-0.39, 0.29) is 34.2 Å². The summed E-state index contributed by atoms with van der Waals surface area (Å²) in [6.45, 7) is 5.91. The van der Waals surface area contributed by atoms with Gasteiger partial charge in [0.1, 0.15) is 35.5 Å². The number of nitrogens with two attached hydrogens (primary N) is 3. The van der Waals surface area contributed by atoms with Crippen LogP contribution in [0.3, 0.4) is 0 Å². The average molecular weight is 311 g/mol. The molecule has 0 radical (unpaired) electrons. The number of hydrogen-bond donors (Lipinski definition) is 4. The number of nitrogens with one attached hydrogen (secondary N) is 1. The summed E-state index contributed by atoms with van der Waals surface area (Å²) in [5.41, 5.74) is 13.5. The fourth-order valence-corrected chi connectivity index (χ4v) is 1.60. The summed E-state index contributed by atoms with van der Waals surface area (Å²) in [4.78, 5) is 3.84. The molecule has 0 unspecified atom stereocenters. The molecule has 0 aliphatic heterocycles. The Balaban J connectivity index is 3.13. The number of ether oxygens (including phenoxy) is 1. The van der Waals surface area contributed by atoms with Gasteiger partial charge in [0, 0.05) is 6.07 Å². The summed E-state index contributed by atoms with van der Waals surface area (Å²) < 4.78 is 33.1. The third-order valence-electron chi connectivity index (χ3n) is 2.73. The van der Waals surface area contributed by atoms with Crippen LogP contribution in [0.1, 0.15) is 13.8 Å². The average Bonchev–Trinajstić information content (AvgIpc) is 2.49. The van der Waals surface area contributed by atoms with E-state index in [1.807, 2.05) is 0 Å². The topological polar surface area (TPSA) is 112 Å². The monoisotopic (exact) mass is 311 g/mol. The fraction of sp³-hybridized carbons (Fsp3) is 0.214. The molecule has 0 saturated carbocycles. The van der Waals surface area contributed by atoms with E-state index in [1.165, 1.54) is 19.9 Å². The van der Waals surface area contributed by atoms with Crippen molar-refractivity contribution >= 4 is 17.3 Å². The van der Waals surface area contributed by atoms with Crippen molar-refractivity contribution in [2.45, 2.75) is 13.8 Å². The number of nitrogen functional groups attached to an aromatic ring is 3. The number of pyridine rings is 1. The molecule has 22 heavy (non-hydrogen) atoms. The van der Waals surface area contributed by atoms with Crippen LogP contribution in [-0.4, -0.2) is 11.6 Å². The summed E-state index contributed by atoms with van der Waals surface area (Å²) in [5, 5.41) is 0. The van der Waals surface area contributed by atoms with Crippen molar-refractivity contribution in [3.63, 3.8) is 0 Å². The van der Waals surface area contributed by atoms with E-state index < -0.39 is 18.3 Å². The van der Waals surface area contributed by atoms with Crippen molar-refractivity contribution in [2.75, 3.05) is 23.5 Å². The number of rotatable bonds is 6. The van der Waals surface area contributed by atoms with Crippen LogP contribution in [0.4, 0.5) is 26.1 Å². The molecule has 8 heteroatoms. The Hall–Kier alpha value is -2.61. The van der Waals surface area contributed by atoms with Gasteiger partial charge in [-0.1, -0.05) is 12.7 Å². The second-order valence-corrected chi connectivity index (χ2v) is 4.45. The van der Waals surface area contributed by atoms with Crippen LogP contribution in [0.15, 0.2) is 41.5 Å². The molecule has 0 aromatic carbocycles. The molecule has 6 nitrogen and oxygen atoms in total. The van der Waals surface area contributed by atoms with Gasteiger partial charge in [0.2, 0.25) is 0 Å². The molecule has 1 rings (SSSR count). The molecule has 0 bridgehead atoms. The summed E-state index contributed by atoms with van der Waals surface area (Å²) in [6.07, 6.45) is 1.12. The standard InChI is InChI=1S/C14H19F2N5O/c1-4-9(15)8(12(16)7(2)3)6-22-10-5-11(17)20-14(21-19)13(10)18/h4-5H,2,6,18-19H2,1,3H3,(H3,17,20,21)/b9-4+,12-8+. The number of hydrazine groups is 1. The normalized spacial score (nSPS) is 12.7. The molecule has 0 amide bonds. The van der Waals surface area contributed by atoms with E-state index in [2.05, 4.69) is 17.0 Å². The molecular formula is C14H19F2N5O. The minimum atomic E-state index is -0.784. The highest BCUT2D eigenvalue weighted by Crippen LogP contribution is 2.31. The van der Waals surface area contributed by atoms with Crippen molar-refractivity contribution in [3.8, 4) is 5.75 Å². The van der Waals surface area contributed by atoms with Crippen molar-refractivity contribution in [1.29, 1.82) is 0 Å². The molecule has 120 valence electrons. The van der Waals surface area contributed by atoms with Crippen molar-refractivity contribution in [2.24, 2.45) is 5.84 Å². The van der Waals surface area contributed by atoms with E-state index in [0.29, 0.717) is 0 Å². The second kappa shape index (κ2) is 7.41. The van der Waals surface area contributed by atoms with Crippen LogP contribution < -0.4 is 27.5 Å². The van der Waals surface area contributed by atoms with Crippen LogP contribution in [0, 0.1) is 0 Å². The lowest BCUT2D eigenvalue weighted by atomic mass is 10.1. The first-order valence-corrected chi connectivity index (χ1v) is 6.33. The van der Waals surface area contributed by atoms with Gasteiger partial charge < -0.3 is 21.6 Å². The van der Waals surface area contributed by atoms with E-state index in [4.69, 9.17) is 22.0 Å². The Morgan fingerprint density at radius 3 is 2.59 bits per heavy atom.